The number of ether oxygens (including phenoxy) is 1. The van der Waals surface area contributed by atoms with Gasteiger partial charge < -0.3 is 4.74 Å². The lowest BCUT2D eigenvalue weighted by molar-refractivity contribution is 0.410. The van der Waals surface area contributed by atoms with Crippen molar-refractivity contribution in [2.24, 2.45) is 0 Å². The molecule has 0 fully saturated rings. The van der Waals surface area contributed by atoms with Gasteiger partial charge in [0.25, 0.3) is 0 Å². The van der Waals surface area contributed by atoms with Crippen molar-refractivity contribution in [2.45, 2.75) is 17.0 Å². The zero-order valence-electron chi connectivity index (χ0n) is 11.0. The van der Waals surface area contributed by atoms with Crippen LogP contribution in [0.4, 0.5) is 0 Å². The van der Waals surface area contributed by atoms with E-state index in [2.05, 4.69) is 44.0 Å². The molecule has 20 heavy (non-hydrogen) atoms. The Kier molecular flexibility index (Phi) is 4.80. The Bertz CT molecular complexity index is 601. The maximum absolute atomic E-state index is 5.49. The van der Waals surface area contributed by atoms with Gasteiger partial charge in [-0.2, -0.15) is 11.8 Å². The number of thioether (sulfide) groups is 1. The topological polar surface area (TPSA) is 9.23 Å². The number of benzene rings is 1. The summed E-state index contributed by atoms with van der Waals surface area (Å²) in [5.74, 6) is 3.33. The average molecular weight is 434 g/mol. The van der Waals surface area contributed by atoms with Crippen molar-refractivity contribution < 1.29 is 4.74 Å². The van der Waals surface area contributed by atoms with E-state index in [0.29, 0.717) is 0 Å². The molecule has 0 aliphatic carbocycles. The van der Waals surface area contributed by atoms with Crippen molar-refractivity contribution in [3.8, 4) is 5.75 Å². The highest BCUT2D eigenvalue weighted by Gasteiger charge is 2.21. The number of hydrogen-bond acceptors (Lipinski definition) is 3. The Labute approximate surface area is 144 Å². The first-order valence-corrected chi connectivity index (χ1v) is 10.0. The molecule has 0 saturated heterocycles. The van der Waals surface area contributed by atoms with E-state index in [1.807, 2.05) is 35.2 Å². The second-order valence-electron chi connectivity index (χ2n) is 4.65. The molecule has 2 heterocycles. The summed E-state index contributed by atoms with van der Waals surface area (Å²) in [6.07, 6.45) is 1.21. The fourth-order valence-corrected chi connectivity index (χ4v) is 5.87. The van der Waals surface area contributed by atoms with Crippen LogP contribution in [0.1, 0.15) is 25.7 Å². The molecular formula is C15H14Br2OS2. The van der Waals surface area contributed by atoms with E-state index >= 15 is 0 Å². The van der Waals surface area contributed by atoms with Crippen LogP contribution in [0.3, 0.4) is 0 Å². The van der Waals surface area contributed by atoms with Crippen molar-refractivity contribution in [1.82, 2.24) is 0 Å². The van der Waals surface area contributed by atoms with E-state index in [9.17, 15) is 0 Å². The number of rotatable bonds is 3. The Balaban J connectivity index is 1.97. The third kappa shape index (κ3) is 2.96. The fourth-order valence-electron chi connectivity index (χ4n) is 2.35. The number of thiophene rings is 1. The SMILES string of the molecule is COc1ccc(Br)cc1C(Br)c1cc2c(s1)CCSC2. The standard InChI is InChI=1S/C15H14Br2OS2/c1-18-12-3-2-10(16)7-11(12)15(17)14-6-9-8-19-5-4-13(9)20-14/h2-3,6-7,15H,4-5,8H2,1H3. The van der Waals surface area contributed by atoms with Crippen molar-refractivity contribution in [2.75, 3.05) is 12.9 Å². The van der Waals surface area contributed by atoms with Crippen LogP contribution in [0, 0.1) is 0 Å². The Hall–Kier alpha value is 0.0300. The molecular weight excluding hydrogens is 420 g/mol. The normalized spacial score (nSPS) is 15.8. The Morgan fingerprint density at radius 2 is 2.15 bits per heavy atom. The van der Waals surface area contributed by atoms with E-state index in [0.717, 1.165) is 16.0 Å². The molecule has 0 radical (unpaired) electrons. The minimum atomic E-state index is 0.190. The summed E-state index contributed by atoms with van der Waals surface area (Å²) < 4.78 is 6.57. The molecule has 5 heteroatoms. The molecule has 1 aromatic carbocycles. The lowest BCUT2D eigenvalue weighted by atomic mass is 10.1. The number of aryl methyl sites for hydroxylation is 1. The minimum Gasteiger partial charge on any atom is -0.496 e. The lowest BCUT2D eigenvalue weighted by Crippen LogP contribution is -1.96. The number of alkyl halides is 1. The lowest BCUT2D eigenvalue weighted by Gasteiger charge is -2.13. The summed E-state index contributed by atoms with van der Waals surface area (Å²) in [5, 5.41) is 0. The van der Waals surface area contributed by atoms with Crippen molar-refractivity contribution >= 4 is 55.0 Å². The molecule has 0 saturated carbocycles. The molecule has 0 amide bonds. The predicted molar refractivity (Wildman–Crippen MR) is 95.6 cm³/mol. The number of fused-ring (bicyclic) bond motifs is 1. The first-order valence-electron chi connectivity index (χ1n) is 6.36. The van der Waals surface area contributed by atoms with Crippen LogP contribution in [0.15, 0.2) is 28.7 Å². The maximum Gasteiger partial charge on any atom is 0.123 e. The summed E-state index contributed by atoms with van der Waals surface area (Å²) in [4.78, 5) is 3.11. The third-order valence-corrected chi connectivity index (χ3v) is 7.45. The molecule has 0 bridgehead atoms. The maximum atomic E-state index is 5.49. The zero-order chi connectivity index (χ0) is 14.1. The quantitative estimate of drug-likeness (QED) is 0.566. The molecule has 106 valence electrons. The number of hydrogen-bond donors (Lipinski definition) is 0. The highest BCUT2D eigenvalue weighted by Crippen LogP contribution is 2.43. The molecule has 3 rings (SSSR count). The van der Waals surface area contributed by atoms with Gasteiger partial charge in [0.05, 0.1) is 11.9 Å². The van der Waals surface area contributed by atoms with Gasteiger partial charge >= 0.3 is 0 Å². The van der Waals surface area contributed by atoms with E-state index in [4.69, 9.17) is 4.74 Å². The second-order valence-corrected chi connectivity index (χ2v) is 8.75. The predicted octanol–water partition coefficient (Wildman–Crippen LogP) is 5.79. The first kappa shape index (κ1) is 14.9. The smallest absolute Gasteiger partial charge is 0.123 e. The summed E-state index contributed by atoms with van der Waals surface area (Å²) in [6, 6.07) is 8.51. The monoisotopic (exact) mass is 432 g/mol. The number of halogens is 2. The van der Waals surface area contributed by atoms with Crippen LogP contribution in [-0.2, 0) is 12.2 Å². The zero-order valence-corrected chi connectivity index (χ0v) is 15.8. The fraction of sp³-hybridized carbons (Fsp3) is 0.333. The van der Waals surface area contributed by atoms with E-state index in [1.165, 1.54) is 28.2 Å². The van der Waals surface area contributed by atoms with Crippen molar-refractivity contribution in [3.05, 3.63) is 49.6 Å². The van der Waals surface area contributed by atoms with Gasteiger partial charge in [0.1, 0.15) is 5.75 Å². The molecule has 1 aliphatic rings. The largest absolute Gasteiger partial charge is 0.496 e. The first-order chi connectivity index (χ1) is 9.69. The summed E-state index contributed by atoms with van der Waals surface area (Å²) >= 11 is 11.4. The van der Waals surface area contributed by atoms with Crippen LogP contribution in [0.25, 0.3) is 0 Å². The third-order valence-electron chi connectivity index (χ3n) is 3.36. The van der Waals surface area contributed by atoms with E-state index in [-0.39, 0.29) is 4.83 Å². The van der Waals surface area contributed by atoms with Gasteiger partial charge in [-0.15, -0.1) is 11.3 Å². The molecule has 1 aromatic heterocycles. The molecule has 0 spiro atoms. The molecule has 2 aromatic rings. The van der Waals surface area contributed by atoms with Gasteiger partial charge in [0.15, 0.2) is 0 Å². The van der Waals surface area contributed by atoms with Crippen LogP contribution in [0.2, 0.25) is 0 Å². The average Bonchev–Trinajstić information content (AvgIpc) is 2.90. The summed E-state index contributed by atoms with van der Waals surface area (Å²) in [5.41, 5.74) is 2.69. The van der Waals surface area contributed by atoms with Crippen LogP contribution < -0.4 is 4.74 Å². The Morgan fingerprint density at radius 3 is 2.90 bits per heavy atom. The highest BCUT2D eigenvalue weighted by atomic mass is 79.9. The summed E-state index contributed by atoms with van der Waals surface area (Å²) in [6.45, 7) is 0. The molecule has 1 atom stereocenters. The van der Waals surface area contributed by atoms with Gasteiger partial charge in [-0.3, -0.25) is 0 Å². The molecule has 0 N–H and O–H groups in total. The van der Waals surface area contributed by atoms with Gasteiger partial charge in [-0.25, -0.2) is 0 Å². The van der Waals surface area contributed by atoms with E-state index in [1.54, 1.807) is 12.0 Å². The molecule has 1 unspecified atom stereocenters. The van der Waals surface area contributed by atoms with Crippen LogP contribution in [-0.4, -0.2) is 12.9 Å². The minimum absolute atomic E-state index is 0.190. The highest BCUT2D eigenvalue weighted by molar-refractivity contribution is 9.10. The van der Waals surface area contributed by atoms with Gasteiger partial charge in [0, 0.05) is 25.5 Å². The van der Waals surface area contributed by atoms with Crippen molar-refractivity contribution in [3.63, 3.8) is 0 Å². The van der Waals surface area contributed by atoms with E-state index < -0.39 is 0 Å². The molecule has 1 nitrogen and oxygen atoms in total. The van der Waals surface area contributed by atoms with Crippen molar-refractivity contribution in [1.29, 1.82) is 0 Å². The second kappa shape index (κ2) is 6.42. The van der Waals surface area contributed by atoms with Gasteiger partial charge in [-0.05, 0) is 42.0 Å². The van der Waals surface area contributed by atoms with Crippen LogP contribution in [0.5, 0.6) is 5.75 Å². The summed E-state index contributed by atoms with van der Waals surface area (Å²) in [7, 11) is 1.72. The van der Waals surface area contributed by atoms with Gasteiger partial charge in [-0.1, -0.05) is 31.9 Å². The van der Waals surface area contributed by atoms with Crippen LogP contribution >= 0.6 is 55.0 Å². The molecule has 1 aliphatic heterocycles. The van der Waals surface area contributed by atoms with Gasteiger partial charge in [0.2, 0.25) is 0 Å². The number of methoxy groups -OCH3 is 1. The Morgan fingerprint density at radius 1 is 1.30 bits per heavy atom.